The van der Waals surface area contributed by atoms with Crippen LogP contribution in [-0.2, 0) is 6.54 Å². The lowest BCUT2D eigenvalue weighted by Crippen LogP contribution is -2.20. The van der Waals surface area contributed by atoms with Gasteiger partial charge in [0.05, 0.1) is 12.2 Å². The summed E-state index contributed by atoms with van der Waals surface area (Å²) in [5.74, 6) is -0.215. The lowest BCUT2D eigenvalue weighted by molar-refractivity contribution is 0.101. The highest BCUT2D eigenvalue weighted by Crippen LogP contribution is 2.27. The third kappa shape index (κ3) is 5.06. The highest BCUT2D eigenvalue weighted by atomic mass is 19.1. The van der Waals surface area contributed by atoms with Crippen LogP contribution in [-0.4, -0.2) is 41.5 Å². The zero-order chi connectivity index (χ0) is 27.1. The van der Waals surface area contributed by atoms with Gasteiger partial charge in [-0.2, -0.15) is 9.61 Å². The van der Waals surface area contributed by atoms with E-state index in [0.717, 1.165) is 24.0 Å². The summed E-state index contributed by atoms with van der Waals surface area (Å²) in [5, 5.41) is 18.3. The van der Waals surface area contributed by atoms with Crippen molar-refractivity contribution in [2.45, 2.75) is 32.4 Å². The third-order valence-electron chi connectivity index (χ3n) is 6.48. The van der Waals surface area contributed by atoms with Crippen LogP contribution in [0.5, 0.6) is 5.88 Å². The Labute approximate surface area is 220 Å². The molecule has 1 aliphatic carbocycles. The van der Waals surface area contributed by atoms with Crippen LogP contribution in [0, 0.1) is 5.82 Å². The minimum Gasteiger partial charge on any atom is -0.493 e. The summed E-state index contributed by atoms with van der Waals surface area (Å²) in [5.41, 5.74) is 3.60. The molecule has 1 aliphatic rings. The Morgan fingerprint density at radius 1 is 1.23 bits per heavy atom. The number of aromatic hydroxyl groups is 1. The number of carbonyl (C=O) groups is 1. The zero-order valence-electron chi connectivity index (χ0n) is 20.9. The average molecular weight is 526 g/mol. The molecule has 5 aromatic rings. The summed E-state index contributed by atoms with van der Waals surface area (Å²) in [7, 11) is 0. The Kier molecular flexibility index (Phi) is 6.02. The number of Topliss-reactive ketones (excluding diaryl/α,β-unsaturated/α-hetero) is 1. The molecule has 39 heavy (non-hydrogen) atoms. The van der Waals surface area contributed by atoms with Crippen molar-refractivity contribution in [1.82, 2.24) is 24.6 Å². The largest absolute Gasteiger partial charge is 0.493 e. The van der Waals surface area contributed by atoms with Crippen molar-refractivity contribution >= 4 is 23.3 Å². The van der Waals surface area contributed by atoms with Crippen molar-refractivity contribution < 1.29 is 14.3 Å². The fraction of sp³-hybridized carbons (Fsp3) is 0.179. The quantitative estimate of drug-likeness (QED) is 0.241. The minimum absolute atomic E-state index is 0.0477. The average Bonchev–Trinajstić information content (AvgIpc) is 3.55. The number of benzene rings is 2. The first-order chi connectivity index (χ1) is 18.8. The minimum atomic E-state index is -0.533. The number of halogens is 1. The molecule has 10 nitrogen and oxygen atoms in total. The predicted octanol–water partition coefficient (Wildman–Crippen LogP) is 2.68. The first-order valence-corrected chi connectivity index (χ1v) is 12.4. The van der Waals surface area contributed by atoms with Crippen molar-refractivity contribution in [3.05, 3.63) is 98.6 Å². The molecule has 0 radical (unpaired) electrons. The predicted molar refractivity (Wildman–Crippen MR) is 143 cm³/mol. The number of carbonyl (C=O) groups excluding carboxylic acids is 1. The van der Waals surface area contributed by atoms with Crippen LogP contribution in [0.25, 0.3) is 22.9 Å². The number of hydrogen-bond acceptors (Lipinski definition) is 7. The highest BCUT2D eigenvalue weighted by Gasteiger charge is 2.20. The smallest absolute Gasteiger partial charge is 0.326 e. The van der Waals surface area contributed by atoms with Crippen LogP contribution in [0.3, 0.4) is 0 Å². The van der Waals surface area contributed by atoms with Gasteiger partial charge in [0.25, 0.3) is 0 Å². The molecule has 2 aromatic carbocycles. The van der Waals surface area contributed by atoms with Gasteiger partial charge in [0.2, 0.25) is 5.88 Å². The van der Waals surface area contributed by atoms with Gasteiger partial charge in [-0.25, -0.2) is 14.2 Å². The molecule has 0 amide bonds. The first kappa shape index (κ1) is 24.3. The molecular formula is C28H24FN7O3. The standard InChI is InChI=1S/C28H24FN7O3/c1-15(37)16-3-2-4-17(9-16)22-8-5-20(29)10-18(22)13-30-24-12-25(32-21-6-7-21)36-26(34-24)19(14-31-36)11-23-27(38)35-28(39)33-23/h2-5,8-12,14,21,30,38H,6-7,13H2,1H3,(H2,33,35,39). The molecule has 0 unspecified atom stereocenters. The van der Waals surface area contributed by atoms with Crippen molar-refractivity contribution in [2.75, 3.05) is 5.32 Å². The maximum Gasteiger partial charge on any atom is 0.326 e. The number of ketones is 1. The van der Waals surface area contributed by atoms with E-state index in [4.69, 9.17) is 9.98 Å². The number of rotatable bonds is 7. The van der Waals surface area contributed by atoms with E-state index in [-0.39, 0.29) is 35.8 Å². The summed E-state index contributed by atoms with van der Waals surface area (Å²) in [6.07, 6.45) is 5.14. The summed E-state index contributed by atoms with van der Waals surface area (Å²) < 4.78 is 15.9. The number of nitrogens with one attached hydrogen (secondary N) is 3. The second-order valence-corrected chi connectivity index (χ2v) is 9.47. The van der Waals surface area contributed by atoms with Gasteiger partial charge >= 0.3 is 5.69 Å². The van der Waals surface area contributed by atoms with E-state index < -0.39 is 5.69 Å². The van der Waals surface area contributed by atoms with E-state index in [1.165, 1.54) is 19.1 Å². The molecule has 0 spiro atoms. The summed E-state index contributed by atoms with van der Waals surface area (Å²) >= 11 is 0. The highest BCUT2D eigenvalue weighted by molar-refractivity contribution is 5.95. The number of aromatic amines is 2. The number of H-pyrrole nitrogens is 2. The van der Waals surface area contributed by atoms with Crippen LogP contribution in [0.1, 0.15) is 41.4 Å². The Balaban J connectivity index is 1.40. The van der Waals surface area contributed by atoms with Crippen molar-refractivity contribution in [1.29, 1.82) is 0 Å². The fourth-order valence-electron chi connectivity index (χ4n) is 4.37. The van der Waals surface area contributed by atoms with Gasteiger partial charge in [0.15, 0.2) is 16.9 Å². The summed E-state index contributed by atoms with van der Waals surface area (Å²) in [4.78, 5) is 37.8. The van der Waals surface area contributed by atoms with E-state index >= 15 is 0 Å². The molecule has 0 saturated heterocycles. The second-order valence-electron chi connectivity index (χ2n) is 9.47. The molecule has 0 atom stereocenters. The first-order valence-electron chi connectivity index (χ1n) is 12.4. The van der Waals surface area contributed by atoms with E-state index in [2.05, 4.69) is 20.4 Å². The Morgan fingerprint density at radius 3 is 2.82 bits per heavy atom. The SMILES string of the molecule is CC(=O)c1cccc(-c2ccc(F)cc2CNc2cc(=NC3CC3)n3ncc(=Cc4[nH]c(=O)[nH]c4O)c3n2)c1. The van der Waals surface area contributed by atoms with Crippen LogP contribution in [0.2, 0.25) is 0 Å². The monoisotopic (exact) mass is 525 g/mol. The van der Waals surface area contributed by atoms with E-state index in [9.17, 15) is 19.1 Å². The van der Waals surface area contributed by atoms with Crippen LogP contribution < -0.4 is 21.7 Å². The van der Waals surface area contributed by atoms with Gasteiger partial charge in [-0.15, -0.1) is 0 Å². The fourth-order valence-corrected chi connectivity index (χ4v) is 4.37. The number of imidazole rings is 1. The van der Waals surface area contributed by atoms with E-state index in [0.29, 0.717) is 33.3 Å². The lowest BCUT2D eigenvalue weighted by atomic mass is 9.97. The molecule has 4 N–H and O–H groups in total. The Bertz CT molecular complexity index is 1920. The van der Waals surface area contributed by atoms with Gasteiger partial charge in [-0.1, -0.05) is 24.3 Å². The molecule has 6 rings (SSSR count). The molecule has 1 saturated carbocycles. The number of fused-ring (bicyclic) bond motifs is 1. The lowest BCUT2D eigenvalue weighted by Gasteiger charge is -2.13. The van der Waals surface area contributed by atoms with Gasteiger partial charge < -0.3 is 15.4 Å². The number of hydrogen-bond donors (Lipinski definition) is 4. The molecule has 1 fully saturated rings. The van der Waals surface area contributed by atoms with Crippen molar-refractivity contribution in [2.24, 2.45) is 4.99 Å². The molecule has 3 aromatic heterocycles. The number of anilines is 1. The second kappa shape index (κ2) is 9.67. The normalized spacial score (nSPS) is 14.3. The van der Waals surface area contributed by atoms with Gasteiger partial charge in [0.1, 0.15) is 17.3 Å². The maximum atomic E-state index is 14.3. The molecule has 196 valence electrons. The van der Waals surface area contributed by atoms with Crippen LogP contribution in [0.4, 0.5) is 10.2 Å². The molecule has 0 bridgehead atoms. The van der Waals surface area contributed by atoms with Gasteiger partial charge in [-0.3, -0.25) is 14.8 Å². The topological polar surface area (TPSA) is 141 Å². The number of nitrogens with zero attached hydrogens (tertiary/aromatic N) is 4. The van der Waals surface area contributed by atoms with Gasteiger partial charge in [0, 0.05) is 23.4 Å². The Morgan fingerprint density at radius 2 is 2.08 bits per heavy atom. The Hall–Kier alpha value is -5.06. The van der Waals surface area contributed by atoms with E-state index in [1.54, 1.807) is 47.1 Å². The zero-order valence-corrected chi connectivity index (χ0v) is 20.9. The molecular weight excluding hydrogens is 501 g/mol. The molecule has 0 aliphatic heterocycles. The number of aromatic nitrogens is 5. The summed E-state index contributed by atoms with van der Waals surface area (Å²) in [6, 6.07) is 13.8. The van der Waals surface area contributed by atoms with Crippen LogP contribution in [0.15, 0.2) is 64.5 Å². The van der Waals surface area contributed by atoms with Crippen molar-refractivity contribution in [3.8, 4) is 17.0 Å². The van der Waals surface area contributed by atoms with E-state index in [1.807, 2.05) is 6.07 Å². The van der Waals surface area contributed by atoms with Gasteiger partial charge in [-0.05, 0) is 60.7 Å². The molecule has 3 heterocycles. The van der Waals surface area contributed by atoms with Crippen LogP contribution >= 0.6 is 0 Å². The third-order valence-corrected chi connectivity index (χ3v) is 6.48. The maximum absolute atomic E-state index is 14.3. The molecule has 11 heteroatoms. The van der Waals surface area contributed by atoms with Crippen molar-refractivity contribution in [3.63, 3.8) is 0 Å². The summed E-state index contributed by atoms with van der Waals surface area (Å²) in [6.45, 7) is 1.76.